The number of rotatable bonds is 8. The van der Waals surface area contributed by atoms with E-state index in [1.54, 1.807) is 25.7 Å². The highest BCUT2D eigenvalue weighted by atomic mass is 16.6. The van der Waals surface area contributed by atoms with Gasteiger partial charge in [-0.1, -0.05) is 67.6 Å². The second-order valence-corrected chi connectivity index (χ2v) is 9.78. The monoisotopic (exact) mass is 489 g/mol. The average molecular weight is 490 g/mol. The fourth-order valence-electron chi connectivity index (χ4n) is 3.95. The predicted octanol–water partition coefficient (Wildman–Crippen LogP) is 5.67. The first-order chi connectivity index (χ1) is 17.1. The van der Waals surface area contributed by atoms with Gasteiger partial charge in [0.15, 0.2) is 0 Å². The van der Waals surface area contributed by atoms with Crippen molar-refractivity contribution in [3.8, 4) is 0 Å². The van der Waals surface area contributed by atoms with E-state index in [0.29, 0.717) is 17.7 Å². The van der Waals surface area contributed by atoms with Gasteiger partial charge >= 0.3 is 6.09 Å². The maximum Gasteiger partial charge on any atom is 0.408 e. The van der Waals surface area contributed by atoms with Crippen LogP contribution in [0, 0.1) is 0 Å². The lowest BCUT2D eigenvalue weighted by molar-refractivity contribution is -0.140. The van der Waals surface area contributed by atoms with Gasteiger partial charge in [0.25, 0.3) is 5.91 Å². The lowest BCUT2D eigenvalue weighted by atomic mass is 10.0. The summed E-state index contributed by atoms with van der Waals surface area (Å²) in [5, 5.41) is 7.60. The van der Waals surface area contributed by atoms with Crippen LogP contribution in [0.5, 0.6) is 0 Å². The lowest BCUT2D eigenvalue weighted by Crippen LogP contribution is -2.50. The Hall–Kier alpha value is -3.87. The standard InChI is InChI=1S/C29H35N3O4/c1-6-20(2)32(25(33)19-30-28(35)36-29(3,4)5)26(22-13-8-7-9-14-22)27(34)31-24-17-16-21-12-10-11-15-23(21)18-24/h7-18,20,26H,6,19H2,1-5H3,(H,30,35)(H,31,34). The van der Waals surface area contributed by atoms with Crippen molar-refractivity contribution in [1.82, 2.24) is 10.2 Å². The van der Waals surface area contributed by atoms with E-state index in [1.807, 2.05) is 86.6 Å². The minimum atomic E-state index is -0.888. The molecule has 2 unspecified atom stereocenters. The Bertz CT molecular complexity index is 1200. The number of carbonyl (C=O) groups is 3. The van der Waals surface area contributed by atoms with E-state index in [1.165, 1.54) is 0 Å². The smallest absolute Gasteiger partial charge is 0.408 e. The Morgan fingerprint density at radius 1 is 0.917 bits per heavy atom. The maximum absolute atomic E-state index is 13.7. The predicted molar refractivity (Wildman–Crippen MR) is 143 cm³/mol. The Morgan fingerprint density at radius 3 is 2.19 bits per heavy atom. The highest BCUT2D eigenvalue weighted by Crippen LogP contribution is 2.27. The molecule has 0 spiro atoms. The number of amides is 3. The normalized spacial score (nSPS) is 12.9. The molecule has 3 aromatic rings. The van der Waals surface area contributed by atoms with Crippen molar-refractivity contribution in [3.63, 3.8) is 0 Å². The van der Waals surface area contributed by atoms with Gasteiger partial charge in [0.05, 0.1) is 0 Å². The van der Waals surface area contributed by atoms with Gasteiger partial charge in [0.1, 0.15) is 18.2 Å². The van der Waals surface area contributed by atoms with E-state index in [9.17, 15) is 14.4 Å². The van der Waals surface area contributed by atoms with Crippen LogP contribution in [0.3, 0.4) is 0 Å². The number of nitrogens with one attached hydrogen (secondary N) is 2. The summed E-state index contributed by atoms with van der Waals surface area (Å²) < 4.78 is 5.26. The largest absolute Gasteiger partial charge is 0.444 e. The molecule has 190 valence electrons. The minimum absolute atomic E-state index is 0.259. The molecule has 0 aliphatic carbocycles. The molecular formula is C29H35N3O4. The fraction of sp³-hybridized carbons (Fsp3) is 0.345. The minimum Gasteiger partial charge on any atom is -0.444 e. The van der Waals surface area contributed by atoms with Crippen LogP contribution in [0.4, 0.5) is 10.5 Å². The van der Waals surface area contributed by atoms with Gasteiger partial charge < -0.3 is 20.3 Å². The average Bonchev–Trinajstić information content (AvgIpc) is 2.84. The number of carbonyl (C=O) groups excluding carboxylic acids is 3. The zero-order valence-corrected chi connectivity index (χ0v) is 21.6. The van der Waals surface area contributed by atoms with Crippen LogP contribution in [-0.2, 0) is 14.3 Å². The van der Waals surface area contributed by atoms with Crippen molar-refractivity contribution in [2.75, 3.05) is 11.9 Å². The topological polar surface area (TPSA) is 87.7 Å². The summed E-state index contributed by atoms with van der Waals surface area (Å²) in [4.78, 5) is 40.9. The first kappa shape index (κ1) is 26.7. The van der Waals surface area contributed by atoms with E-state index < -0.39 is 17.7 Å². The summed E-state index contributed by atoms with van der Waals surface area (Å²) in [6.45, 7) is 8.82. The van der Waals surface area contributed by atoms with Crippen LogP contribution in [0.25, 0.3) is 10.8 Å². The zero-order valence-electron chi connectivity index (χ0n) is 21.6. The van der Waals surface area contributed by atoms with Crippen LogP contribution < -0.4 is 10.6 Å². The zero-order chi connectivity index (χ0) is 26.3. The number of nitrogens with zero attached hydrogens (tertiary/aromatic N) is 1. The number of hydrogen-bond donors (Lipinski definition) is 2. The second-order valence-electron chi connectivity index (χ2n) is 9.78. The molecule has 7 heteroatoms. The third-order valence-corrected chi connectivity index (χ3v) is 5.80. The van der Waals surface area contributed by atoms with Crippen molar-refractivity contribution in [1.29, 1.82) is 0 Å². The summed E-state index contributed by atoms with van der Waals surface area (Å²) in [7, 11) is 0. The SMILES string of the molecule is CCC(C)N(C(=O)CNC(=O)OC(C)(C)C)C(C(=O)Nc1ccc2ccccc2c1)c1ccccc1. The maximum atomic E-state index is 13.7. The summed E-state index contributed by atoms with van der Waals surface area (Å²) >= 11 is 0. The molecular weight excluding hydrogens is 454 g/mol. The van der Waals surface area contributed by atoms with Crippen molar-refractivity contribution < 1.29 is 19.1 Å². The quantitative estimate of drug-likeness (QED) is 0.427. The molecule has 0 aromatic heterocycles. The molecule has 0 saturated carbocycles. The van der Waals surface area contributed by atoms with Gasteiger partial charge in [0.2, 0.25) is 5.91 Å². The summed E-state index contributed by atoms with van der Waals surface area (Å²) in [5.41, 5.74) is 0.639. The Kier molecular flexibility index (Phi) is 8.69. The molecule has 0 bridgehead atoms. The molecule has 2 atom stereocenters. The number of fused-ring (bicyclic) bond motifs is 1. The van der Waals surface area contributed by atoms with Gasteiger partial charge in [0, 0.05) is 11.7 Å². The molecule has 0 radical (unpaired) electrons. The van der Waals surface area contributed by atoms with Crippen molar-refractivity contribution in [2.24, 2.45) is 0 Å². The Labute approximate surface area is 212 Å². The van der Waals surface area contributed by atoms with Crippen molar-refractivity contribution in [2.45, 2.75) is 58.7 Å². The highest BCUT2D eigenvalue weighted by molar-refractivity contribution is 6.00. The molecule has 7 nitrogen and oxygen atoms in total. The van der Waals surface area contributed by atoms with Gasteiger partial charge in [-0.25, -0.2) is 4.79 Å². The molecule has 3 amide bonds. The van der Waals surface area contributed by atoms with E-state index in [0.717, 1.165) is 10.8 Å². The Morgan fingerprint density at radius 2 is 1.56 bits per heavy atom. The van der Waals surface area contributed by atoms with E-state index in [4.69, 9.17) is 4.74 Å². The van der Waals surface area contributed by atoms with Crippen molar-refractivity contribution >= 4 is 34.4 Å². The molecule has 2 N–H and O–H groups in total. The molecule has 0 aliphatic heterocycles. The molecule has 0 fully saturated rings. The third kappa shape index (κ3) is 7.07. The summed E-state index contributed by atoms with van der Waals surface area (Å²) in [6, 6.07) is 21.7. The van der Waals surface area contributed by atoms with Gasteiger partial charge in [-0.15, -0.1) is 0 Å². The fourth-order valence-corrected chi connectivity index (χ4v) is 3.95. The van der Waals surface area contributed by atoms with Crippen LogP contribution in [-0.4, -0.2) is 41.0 Å². The number of hydrogen-bond acceptors (Lipinski definition) is 4. The summed E-state index contributed by atoms with van der Waals surface area (Å²) in [6.07, 6.45) is -0.0538. The van der Waals surface area contributed by atoms with Crippen molar-refractivity contribution in [3.05, 3.63) is 78.4 Å². The molecule has 3 aromatic carbocycles. The summed E-state index contributed by atoms with van der Waals surface area (Å²) in [5.74, 6) is -0.708. The highest BCUT2D eigenvalue weighted by Gasteiger charge is 2.34. The second kappa shape index (κ2) is 11.7. The van der Waals surface area contributed by atoms with E-state index >= 15 is 0 Å². The number of benzene rings is 3. The van der Waals surface area contributed by atoms with Crippen LogP contribution in [0.2, 0.25) is 0 Å². The first-order valence-electron chi connectivity index (χ1n) is 12.2. The van der Waals surface area contributed by atoms with Gasteiger partial charge in [-0.3, -0.25) is 9.59 Å². The van der Waals surface area contributed by atoms with Gasteiger partial charge in [-0.05, 0) is 62.6 Å². The third-order valence-electron chi connectivity index (χ3n) is 5.80. The Balaban J connectivity index is 1.89. The molecule has 36 heavy (non-hydrogen) atoms. The number of anilines is 1. The van der Waals surface area contributed by atoms with Gasteiger partial charge in [-0.2, -0.15) is 0 Å². The van der Waals surface area contributed by atoms with Crippen LogP contribution in [0.1, 0.15) is 52.6 Å². The van der Waals surface area contributed by atoms with Crippen LogP contribution >= 0.6 is 0 Å². The number of ether oxygens (including phenoxy) is 1. The van der Waals surface area contributed by atoms with Crippen LogP contribution in [0.15, 0.2) is 72.8 Å². The van der Waals surface area contributed by atoms with E-state index in [2.05, 4.69) is 10.6 Å². The van der Waals surface area contributed by atoms with E-state index in [-0.39, 0.29) is 24.4 Å². The molecule has 0 aliphatic rings. The number of alkyl carbamates (subject to hydrolysis) is 1. The first-order valence-corrected chi connectivity index (χ1v) is 12.2. The molecule has 0 saturated heterocycles. The molecule has 3 rings (SSSR count). The lowest BCUT2D eigenvalue weighted by Gasteiger charge is -2.36. The molecule has 0 heterocycles.